The quantitative estimate of drug-likeness (QED) is 0.882. The van der Waals surface area contributed by atoms with Gasteiger partial charge in [-0.25, -0.2) is 4.98 Å². The second-order valence-corrected chi connectivity index (χ2v) is 5.62. The minimum Gasteiger partial charge on any atom is -0.459 e. The summed E-state index contributed by atoms with van der Waals surface area (Å²) in [4.78, 5) is 20.8. The fourth-order valence-electron chi connectivity index (χ4n) is 2.72. The lowest BCUT2D eigenvalue weighted by Crippen LogP contribution is -2.49. The molecule has 2 aromatic heterocycles. The third-order valence-corrected chi connectivity index (χ3v) is 4.08. The number of hydrogen-bond acceptors (Lipinski definition) is 6. The van der Waals surface area contributed by atoms with Crippen LogP contribution in [-0.4, -0.2) is 65.1 Å². The maximum atomic E-state index is 12.4. The van der Waals surface area contributed by atoms with Gasteiger partial charge in [0, 0.05) is 32.7 Å². The van der Waals surface area contributed by atoms with Crippen LogP contribution >= 0.6 is 0 Å². The summed E-state index contributed by atoms with van der Waals surface area (Å²) in [5.74, 6) is 1.66. The number of amides is 1. The molecule has 1 saturated heterocycles. The summed E-state index contributed by atoms with van der Waals surface area (Å²) in [6, 6.07) is 3.54. The van der Waals surface area contributed by atoms with E-state index in [0.29, 0.717) is 42.7 Å². The number of furan rings is 1. The maximum absolute atomic E-state index is 12.4. The van der Waals surface area contributed by atoms with E-state index in [2.05, 4.69) is 9.88 Å². The van der Waals surface area contributed by atoms with E-state index in [4.69, 9.17) is 13.9 Å². The maximum Gasteiger partial charge on any atom is 0.263 e. The van der Waals surface area contributed by atoms with Gasteiger partial charge in [0.1, 0.15) is 5.76 Å². The molecule has 0 unspecified atom stereocenters. The molecular formula is C16H21N3O4. The summed E-state index contributed by atoms with van der Waals surface area (Å²) >= 11 is 0. The van der Waals surface area contributed by atoms with Crippen molar-refractivity contribution in [1.82, 2.24) is 14.8 Å². The van der Waals surface area contributed by atoms with Gasteiger partial charge in [0.25, 0.3) is 5.89 Å². The Morgan fingerprint density at radius 3 is 2.78 bits per heavy atom. The molecule has 1 aliphatic heterocycles. The van der Waals surface area contributed by atoms with Gasteiger partial charge >= 0.3 is 0 Å². The van der Waals surface area contributed by atoms with Crippen LogP contribution in [0.5, 0.6) is 0 Å². The van der Waals surface area contributed by atoms with Crippen LogP contribution in [0.25, 0.3) is 11.7 Å². The average Bonchev–Trinajstić information content (AvgIpc) is 3.19. The topological polar surface area (TPSA) is 83.0 Å². The van der Waals surface area contributed by atoms with Gasteiger partial charge in [-0.2, -0.15) is 0 Å². The van der Waals surface area contributed by atoms with Crippen molar-refractivity contribution in [3.63, 3.8) is 0 Å². The Morgan fingerprint density at radius 2 is 2.13 bits per heavy atom. The van der Waals surface area contributed by atoms with Crippen LogP contribution in [0.15, 0.2) is 27.2 Å². The predicted molar refractivity (Wildman–Crippen MR) is 82.8 cm³/mol. The van der Waals surface area contributed by atoms with E-state index in [1.807, 2.05) is 4.90 Å². The first-order valence-corrected chi connectivity index (χ1v) is 7.78. The second kappa shape index (κ2) is 6.97. The lowest BCUT2D eigenvalue weighted by Gasteiger charge is -2.34. The van der Waals surface area contributed by atoms with E-state index in [1.54, 1.807) is 25.3 Å². The van der Waals surface area contributed by atoms with E-state index in [-0.39, 0.29) is 18.9 Å². The van der Waals surface area contributed by atoms with Crippen molar-refractivity contribution in [3.05, 3.63) is 29.9 Å². The lowest BCUT2D eigenvalue weighted by molar-refractivity contribution is -0.132. The number of nitrogens with zero attached hydrogens (tertiary/aromatic N) is 3. The smallest absolute Gasteiger partial charge is 0.263 e. The Morgan fingerprint density at radius 1 is 1.35 bits per heavy atom. The molecule has 0 aliphatic carbocycles. The third kappa shape index (κ3) is 3.62. The molecule has 2 aromatic rings. The lowest BCUT2D eigenvalue weighted by atomic mass is 10.2. The number of aliphatic hydroxyl groups excluding tert-OH is 1. The van der Waals surface area contributed by atoms with Gasteiger partial charge in [0.05, 0.1) is 25.0 Å². The Hall–Kier alpha value is -2.12. The second-order valence-electron chi connectivity index (χ2n) is 5.62. The molecule has 23 heavy (non-hydrogen) atoms. The highest BCUT2D eigenvalue weighted by molar-refractivity contribution is 5.78. The van der Waals surface area contributed by atoms with Crippen molar-refractivity contribution in [2.24, 2.45) is 0 Å². The standard InChI is InChI=1S/C16H21N3O4/c1-12-13(17-16(23-12)14-3-2-10-22-14)11-15(21)19-6-4-18(5-7-19)8-9-20/h2-3,10,20H,4-9,11H2,1H3. The van der Waals surface area contributed by atoms with Crippen LogP contribution < -0.4 is 0 Å². The Kier molecular flexibility index (Phi) is 4.78. The molecular weight excluding hydrogens is 298 g/mol. The van der Waals surface area contributed by atoms with Crippen LogP contribution in [0.3, 0.4) is 0 Å². The summed E-state index contributed by atoms with van der Waals surface area (Å²) in [5, 5.41) is 8.95. The van der Waals surface area contributed by atoms with E-state index in [9.17, 15) is 4.79 Å². The summed E-state index contributed by atoms with van der Waals surface area (Å²) in [5.41, 5.74) is 0.652. The molecule has 1 N–H and O–H groups in total. The molecule has 7 heteroatoms. The molecule has 0 radical (unpaired) electrons. The molecule has 0 bridgehead atoms. The fraction of sp³-hybridized carbons (Fsp3) is 0.500. The molecule has 1 aliphatic rings. The van der Waals surface area contributed by atoms with Crippen LogP contribution in [-0.2, 0) is 11.2 Å². The molecule has 0 saturated carbocycles. The van der Waals surface area contributed by atoms with Crippen LogP contribution in [0.1, 0.15) is 11.5 Å². The first-order valence-electron chi connectivity index (χ1n) is 7.78. The average molecular weight is 319 g/mol. The zero-order valence-corrected chi connectivity index (χ0v) is 13.2. The van der Waals surface area contributed by atoms with Crippen molar-refractivity contribution in [2.75, 3.05) is 39.3 Å². The normalized spacial score (nSPS) is 16.0. The highest BCUT2D eigenvalue weighted by Crippen LogP contribution is 2.22. The molecule has 3 rings (SSSR count). The molecule has 0 atom stereocenters. The van der Waals surface area contributed by atoms with E-state index in [1.165, 1.54) is 0 Å². The van der Waals surface area contributed by atoms with Gasteiger partial charge < -0.3 is 18.8 Å². The minimum absolute atomic E-state index is 0.0519. The van der Waals surface area contributed by atoms with E-state index < -0.39 is 0 Å². The van der Waals surface area contributed by atoms with Crippen LogP contribution in [0, 0.1) is 6.92 Å². The van der Waals surface area contributed by atoms with Crippen molar-refractivity contribution >= 4 is 5.91 Å². The van der Waals surface area contributed by atoms with Crippen molar-refractivity contribution in [3.8, 4) is 11.7 Å². The number of aryl methyl sites for hydroxylation is 1. The van der Waals surface area contributed by atoms with Crippen molar-refractivity contribution in [1.29, 1.82) is 0 Å². The molecule has 1 amide bonds. The number of aliphatic hydroxyl groups is 1. The number of rotatable bonds is 5. The zero-order chi connectivity index (χ0) is 16.2. The van der Waals surface area contributed by atoms with Gasteiger partial charge in [-0.15, -0.1) is 0 Å². The molecule has 124 valence electrons. The van der Waals surface area contributed by atoms with E-state index in [0.717, 1.165) is 13.1 Å². The highest BCUT2D eigenvalue weighted by atomic mass is 16.4. The molecule has 0 spiro atoms. The largest absolute Gasteiger partial charge is 0.459 e. The number of hydrogen-bond donors (Lipinski definition) is 1. The van der Waals surface area contributed by atoms with Gasteiger partial charge in [0.15, 0.2) is 5.76 Å². The number of carbonyl (C=O) groups excluding carboxylic acids is 1. The number of piperazine rings is 1. The monoisotopic (exact) mass is 319 g/mol. The Labute approximate surface area is 134 Å². The summed E-state index contributed by atoms with van der Waals surface area (Å²) in [6.07, 6.45) is 1.79. The SMILES string of the molecule is Cc1oc(-c2ccco2)nc1CC(=O)N1CCN(CCO)CC1. The fourth-order valence-corrected chi connectivity index (χ4v) is 2.72. The summed E-state index contributed by atoms with van der Waals surface area (Å²) in [6.45, 7) is 5.57. The number of β-amino-alcohol motifs (C(OH)–C–C–N with tert-alkyl or cyclic N) is 1. The predicted octanol–water partition coefficient (Wildman–Crippen LogP) is 0.922. The summed E-state index contributed by atoms with van der Waals surface area (Å²) in [7, 11) is 0. The molecule has 3 heterocycles. The Balaban J connectivity index is 1.60. The number of carbonyl (C=O) groups is 1. The highest BCUT2D eigenvalue weighted by Gasteiger charge is 2.23. The van der Waals surface area contributed by atoms with Crippen LogP contribution in [0.4, 0.5) is 0 Å². The number of oxazole rings is 1. The first kappa shape index (κ1) is 15.8. The molecule has 1 fully saturated rings. The number of aromatic nitrogens is 1. The molecule has 7 nitrogen and oxygen atoms in total. The van der Waals surface area contributed by atoms with E-state index >= 15 is 0 Å². The Bertz CT molecular complexity index is 642. The van der Waals surface area contributed by atoms with Gasteiger partial charge in [-0.3, -0.25) is 9.69 Å². The minimum atomic E-state index is 0.0519. The molecule has 0 aromatic carbocycles. The van der Waals surface area contributed by atoms with Crippen molar-refractivity contribution < 1.29 is 18.7 Å². The van der Waals surface area contributed by atoms with Crippen LogP contribution in [0.2, 0.25) is 0 Å². The van der Waals surface area contributed by atoms with Crippen molar-refractivity contribution in [2.45, 2.75) is 13.3 Å². The van der Waals surface area contributed by atoms with Gasteiger partial charge in [-0.05, 0) is 19.1 Å². The third-order valence-electron chi connectivity index (χ3n) is 4.08. The zero-order valence-electron chi connectivity index (χ0n) is 13.2. The van der Waals surface area contributed by atoms with Gasteiger partial charge in [-0.1, -0.05) is 0 Å². The summed E-state index contributed by atoms with van der Waals surface area (Å²) < 4.78 is 10.9. The van der Waals surface area contributed by atoms with Gasteiger partial charge in [0.2, 0.25) is 5.91 Å². The first-order chi connectivity index (χ1) is 11.2.